The fourth-order valence-corrected chi connectivity index (χ4v) is 1.91. The van der Waals surface area contributed by atoms with Crippen LogP contribution in [0.4, 0.5) is 8.78 Å². The van der Waals surface area contributed by atoms with E-state index < -0.39 is 11.6 Å². The standard InChI is InChI=1S/C13H14F2NO/c14-12-6-5-11(13(15)7-12)9-17-16-8-10-3-1-2-4-10/h5-7,10H,1-4,9H2. The van der Waals surface area contributed by atoms with Gasteiger partial charge in [0.1, 0.15) is 24.5 Å². The molecule has 0 unspecified atom stereocenters. The molecular weight excluding hydrogens is 224 g/mol. The summed E-state index contributed by atoms with van der Waals surface area (Å²) in [6, 6.07) is 3.39. The van der Waals surface area contributed by atoms with Gasteiger partial charge < -0.3 is 4.84 Å². The average Bonchev–Trinajstić information content (AvgIpc) is 2.79. The summed E-state index contributed by atoms with van der Waals surface area (Å²) >= 11 is 0. The van der Waals surface area contributed by atoms with Gasteiger partial charge in [0.05, 0.1) is 0 Å². The molecule has 0 saturated heterocycles. The van der Waals surface area contributed by atoms with E-state index in [1.165, 1.54) is 25.0 Å². The molecule has 0 amide bonds. The average molecular weight is 238 g/mol. The highest BCUT2D eigenvalue weighted by molar-refractivity contribution is 5.60. The first-order valence-electron chi connectivity index (χ1n) is 5.77. The van der Waals surface area contributed by atoms with Crippen LogP contribution < -0.4 is 0 Å². The molecule has 1 aromatic rings. The molecule has 0 heterocycles. The molecule has 0 atom stereocenters. The third kappa shape index (κ3) is 3.51. The number of rotatable bonds is 4. The van der Waals surface area contributed by atoms with Crippen LogP contribution in [0.1, 0.15) is 31.2 Å². The summed E-state index contributed by atoms with van der Waals surface area (Å²) in [5, 5.41) is 3.70. The van der Waals surface area contributed by atoms with Crippen molar-refractivity contribution < 1.29 is 13.6 Å². The van der Waals surface area contributed by atoms with Gasteiger partial charge in [-0.2, -0.15) is 0 Å². The molecular formula is C13H14F2NO. The Morgan fingerprint density at radius 3 is 2.76 bits per heavy atom. The SMILES string of the molecule is Fc1ccc(CO/N=[C]\C2CCCC2)c(F)c1. The Bertz CT molecular complexity index is 400. The van der Waals surface area contributed by atoms with Gasteiger partial charge >= 0.3 is 0 Å². The van der Waals surface area contributed by atoms with Crippen molar-refractivity contribution in [3.8, 4) is 0 Å². The quantitative estimate of drug-likeness (QED) is 0.580. The van der Waals surface area contributed by atoms with Crippen molar-refractivity contribution in [3.05, 3.63) is 35.4 Å². The monoisotopic (exact) mass is 238 g/mol. The molecule has 4 heteroatoms. The molecule has 1 aliphatic carbocycles. The van der Waals surface area contributed by atoms with Crippen LogP contribution in [0.5, 0.6) is 0 Å². The van der Waals surface area contributed by atoms with Crippen LogP contribution in [-0.4, -0.2) is 6.21 Å². The second-order valence-corrected chi connectivity index (χ2v) is 4.21. The Hall–Kier alpha value is -1.45. The number of halogens is 2. The lowest BCUT2D eigenvalue weighted by Crippen LogP contribution is -1.97. The zero-order valence-corrected chi connectivity index (χ0v) is 9.46. The smallest absolute Gasteiger partial charge is 0.145 e. The maximum atomic E-state index is 13.2. The Kier molecular flexibility index (Phi) is 4.07. The number of benzene rings is 1. The summed E-state index contributed by atoms with van der Waals surface area (Å²) in [5.74, 6) is -0.832. The van der Waals surface area contributed by atoms with Gasteiger partial charge in [0.25, 0.3) is 0 Å². The lowest BCUT2D eigenvalue weighted by atomic mass is 10.1. The highest BCUT2D eigenvalue weighted by Gasteiger charge is 2.13. The highest BCUT2D eigenvalue weighted by Crippen LogP contribution is 2.22. The van der Waals surface area contributed by atoms with Crippen molar-refractivity contribution in [1.82, 2.24) is 0 Å². The lowest BCUT2D eigenvalue weighted by Gasteiger charge is -2.02. The molecule has 1 aliphatic rings. The molecule has 91 valence electrons. The third-order valence-corrected chi connectivity index (χ3v) is 2.89. The highest BCUT2D eigenvalue weighted by atomic mass is 19.1. The molecule has 0 aromatic heterocycles. The van der Waals surface area contributed by atoms with Crippen molar-refractivity contribution >= 4 is 6.21 Å². The minimum absolute atomic E-state index is 0.00579. The molecule has 1 saturated carbocycles. The molecule has 0 bridgehead atoms. The Labute approximate surface area is 99.3 Å². The van der Waals surface area contributed by atoms with Gasteiger partial charge in [-0.05, 0) is 25.0 Å². The first-order chi connectivity index (χ1) is 8.25. The first-order valence-corrected chi connectivity index (χ1v) is 5.77. The minimum atomic E-state index is -0.610. The topological polar surface area (TPSA) is 21.6 Å². The molecule has 17 heavy (non-hydrogen) atoms. The summed E-state index contributed by atoms with van der Waals surface area (Å²) in [6.45, 7) is 0.00579. The van der Waals surface area contributed by atoms with Crippen molar-refractivity contribution in [3.63, 3.8) is 0 Å². The van der Waals surface area contributed by atoms with Crippen LogP contribution in [0, 0.1) is 17.6 Å². The predicted octanol–water partition coefficient (Wildman–Crippen LogP) is 3.53. The van der Waals surface area contributed by atoms with E-state index >= 15 is 0 Å². The van der Waals surface area contributed by atoms with Crippen LogP contribution in [0.2, 0.25) is 0 Å². The van der Waals surface area contributed by atoms with Crippen LogP contribution in [0.15, 0.2) is 23.4 Å². The predicted molar refractivity (Wildman–Crippen MR) is 60.5 cm³/mol. The van der Waals surface area contributed by atoms with Gasteiger partial charge in [0.15, 0.2) is 0 Å². The van der Waals surface area contributed by atoms with E-state index in [0.29, 0.717) is 11.5 Å². The summed E-state index contributed by atoms with van der Waals surface area (Å²) in [5.41, 5.74) is 0.295. The molecule has 0 spiro atoms. The normalized spacial score (nSPS) is 16.8. The largest absolute Gasteiger partial charge is 0.391 e. The molecule has 0 N–H and O–H groups in total. The molecule has 1 fully saturated rings. The van der Waals surface area contributed by atoms with Gasteiger partial charge in [-0.15, -0.1) is 0 Å². The van der Waals surface area contributed by atoms with Crippen molar-refractivity contribution in [1.29, 1.82) is 0 Å². The van der Waals surface area contributed by atoms with Gasteiger partial charge in [-0.3, -0.25) is 0 Å². The maximum absolute atomic E-state index is 13.2. The molecule has 2 rings (SSSR count). The van der Waals surface area contributed by atoms with Crippen molar-refractivity contribution in [2.75, 3.05) is 0 Å². The number of nitrogens with zero attached hydrogens (tertiary/aromatic N) is 1. The van der Waals surface area contributed by atoms with E-state index in [1.807, 2.05) is 0 Å². The lowest BCUT2D eigenvalue weighted by molar-refractivity contribution is 0.128. The number of hydrogen-bond donors (Lipinski definition) is 0. The van der Waals surface area contributed by atoms with E-state index in [9.17, 15) is 8.78 Å². The molecule has 1 aromatic carbocycles. The van der Waals surface area contributed by atoms with E-state index in [2.05, 4.69) is 11.4 Å². The molecule has 1 radical (unpaired) electrons. The fourth-order valence-electron chi connectivity index (χ4n) is 1.91. The summed E-state index contributed by atoms with van der Waals surface area (Å²) in [4.78, 5) is 4.95. The summed E-state index contributed by atoms with van der Waals surface area (Å²) in [7, 11) is 0. The van der Waals surface area contributed by atoms with Gasteiger partial charge in [0, 0.05) is 17.5 Å². The second kappa shape index (κ2) is 5.75. The Morgan fingerprint density at radius 1 is 1.29 bits per heavy atom. The summed E-state index contributed by atoms with van der Waals surface area (Å²) in [6.07, 6.45) is 7.50. The summed E-state index contributed by atoms with van der Waals surface area (Å²) < 4.78 is 25.8. The van der Waals surface area contributed by atoms with Crippen LogP contribution in [-0.2, 0) is 11.4 Å². The van der Waals surface area contributed by atoms with Crippen LogP contribution in [0.3, 0.4) is 0 Å². The minimum Gasteiger partial charge on any atom is -0.391 e. The Morgan fingerprint density at radius 2 is 2.06 bits per heavy atom. The van der Waals surface area contributed by atoms with E-state index in [4.69, 9.17) is 4.84 Å². The van der Waals surface area contributed by atoms with Gasteiger partial charge in [0.2, 0.25) is 0 Å². The van der Waals surface area contributed by atoms with E-state index in [1.54, 1.807) is 0 Å². The first kappa shape index (κ1) is 12.0. The second-order valence-electron chi connectivity index (χ2n) is 4.21. The third-order valence-electron chi connectivity index (χ3n) is 2.89. The van der Waals surface area contributed by atoms with E-state index in [-0.39, 0.29) is 6.61 Å². The Balaban J connectivity index is 1.81. The van der Waals surface area contributed by atoms with Gasteiger partial charge in [-0.25, -0.2) is 8.78 Å². The maximum Gasteiger partial charge on any atom is 0.145 e. The molecule has 0 aliphatic heterocycles. The fraction of sp³-hybridized carbons (Fsp3) is 0.462. The van der Waals surface area contributed by atoms with Gasteiger partial charge in [-0.1, -0.05) is 18.0 Å². The van der Waals surface area contributed by atoms with Crippen molar-refractivity contribution in [2.24, 2.45) is 11.1 Å². The van der Waals surface area contributed by atoms with Crippen molar-refractivity contribution in [2.45, 2.75) is 32.3 Å². The molecule has 2 nitrogen and oxygen atoms in total. The zero-order valence-electron chi connectivity index (χ0n) is 9.46. The number of hydrogen-bond acceptors (Lipinski definition) is 2. The van der Waals surface area contributed by atoms with Crippen LogP contribution in [0.25, 0.3) is 0 Å². The van der Waals surface area contributed by atoms with E-state index in [0.717, 1.165) is 18.9 Å². The zero-order chi connectivity index (χ0) is 12.1. The van der Waals surface area contributed by atoms with Crippen LogP contribution >= 0.6 is 0 Å².